The van der Waals surface area contributed by atoms with Crippen LogP contribution in [0.1, 0.15) is 11.6 Å². The summed E-state index contributed by atoms with van der Waals surface area (Å²) in [7, 11) is 0. The Morgan fingerprint density at radius 1 is 1.11 bits per heavy atom. The smallest absolute Gasteiger partial charge is 0.140 e. The third-order valence-corrected chi connectivity index (χ3v) is 4.31. The first kappa shape index (κ1) is 14.4. The van der Waals surface area contributed by atoms with Gasteiger partial charge in [-0.15, -0.1) is 0 Å². The van der Waals surface area contributed by atoms with Crippen molar-refractivity contribution in [3.63, 3.8) is 0 Å². The van der Waals surface area contributed by atoms with Gasteiger partial charge >= 0.3 is 0 Å². The van der Waals surface area contributed by atoms with Crippen LogP contribution in [0.2, 0.25) is 5.02 Å². The van der Waals surface area contributed by atoms with Gasteiger partial charge in [-0.25, -0.2) is 0 Å². The lowest BCUT2D eigenvalue weighted by Crippen LogP contribution is -2.08. The van der Waals surface area contributed by atoms with Gasteiger partial charge in [0.05, 0.1) is 11.1 Å². The lowest BCUT2D eigenvalue weighted by atomic mass is 10.1. The Kier molecular flexibility index (Phi) is 4.87. The summed E-state index contributed by atoms with van der Waals surface area (Å²) in [5.41, 5.74) is 1.75. The Bertz CT molecular complexity index is 620. The minimum atomic E-state index is -0.402. The summed E-state index contributed by atoms with van der Waals surface area (Å²) in [6, 6.07) is 15.0. The van der Waals surface area contributed by atoms with E-state index in [2.05, 4.69) is 43.2 Å². The van der Waals surface area contributed by atoms with Gasteiger partial charge in [0, 0.05) is 14.6 Å². The van der Waals surface area contributed by atoms with E-state index < -0.39 is 6.04 Å². The van der Waals surface area contributed by atoms with Gasteiger partial charge in [-0.2, -0.15) is 5.26 Å². The second-order valence-corrected chi connectivity index (χ2v) is 6.06. The van der Waals surface area contributed by atoms with Gasteiger partial charge in [0.15, 0.2) is 0 Å². The van der Waals surface area contributed by atoms with Crippen LogP contribution in [0.4, 0.5) is 5.69 Å². The summed E-state index contributed by atoms with van der Waals surface area (Å²) >= 11 is 12.7. The van der Waals surface area contributed by atoms with Crippen LogP contribution in [0.25, 0.3) is 0 Å². The molecule has 0 bridgehead atoms. The van der Waals surface area contributed by atoms with E-state index in [9.17, 15) is 5.26 Å². The van der Waals surface area contributed by atoms with Crippen molar-refractivity contribution in [1.82, 2.24) is 0 Å². The van der Waals surface area contributed by atoms with Crippen LogP contribution in [-0.2, 0) is 0 Å². The molecule has 0 spiro atoms. The van der Waals surface area contributed by atoms with Crippen LogP contribution in [0.15, 0.2) is 51.4 Å². The van der Waals surface area contributed by atoms with Crippen molar-refractivity contribution in [1.29, 1.82) is 5.26 Å². The van der Waals surface area contributed by atoms with Gasteiger partial charge in [-0.05, 0) is 51.8 Å². The Balaban J connectivity index is 2.22. The van der Waals surface area contributed by atoms with Crippen molar-refractivity contribution in [3.8, 4) is 6.07 Å². The molecule has 2 aromatic rings. The molecule has 0 aliphatic rings. The molecule has 0 heterocycles. The Morgan fingerprint density at radius 3 is 2.37 bits per heavy atom. The molecular formula is C14H9Br2ClN2. The molecule has 2 aromatic carbocycles. The maximum Gasteiger partial charge on any atom is 0.140 e. The number of nitrogens with zero attached hydrogens (tertiary/aromatic N) is 1. The standard InChI is InChI=1S/C14H9Br2ClN2/c15-10-3-1-9(2-4-10)14(8-18)19-11-5-6-13(17)12(16)7-11/h1-7,14,19H. The Labute approximate surface area is 133 Å². The van der Waals surface area contributed by atoms with Gasteiger partial charge in [-0.3, -0.25) is 0 Å². The molecule has 1 N–H and O–H groups in total. The number of halogens is 3. The van der Waals surface area contributed by atoms with E-state index in [0.29, 0.717) is 5.02 Å². The van der Waals surface area contributed by atoms with Crippen molar-refractivity contribution in [2.24, 2.45) is 0 Å². The van der Waals surface area contributed by atoms with E-state index in [1.165, 1.54) is 0 Å². The molecule has 0 saturated heterocycles. The molecule has 1 unspecified atom stereocenters. The maximum absolute atomic E-state index is 9.27. The van der Waals surface area contributed by atoms with Crippen molar-refractivity contribution >= 4 is 49.1 Å². The maximum atomic E-state index is 9.27. The van der Waals surface area contributed by atoms with Gasteiger partial charge in [0.1, 0.15) is 6.04 Å². The minimum Gasteiger partial charge on any atom is -0.366 e. The monoisotopic (exact) mass is 398 g/mol. The fourth-order valence-electron chi connectivity index (χ4n) is 1.60. The molecule has 0 fully saturated rings. The molecule has 1 atom stereocenters. The number of hydrogen-bond donors (Lipinski definition) is 1. The van der Waals surface area contributed by atoms with Crippen LogP contribution in [0.3, 0.4) is 0 Å². The minimum absolute atomic E-state index is 0.402. The molecule has 2 rings (SSSR count). The zero-order valence-electron chi connectivity index (χ0n) is 9.70. The van der Waals surface area contributed by atoms with E-state index >= 15 is 0 Å². The molecule has 96 valence electrons. The molecule has 0 amide bonds. The normalized spacial score (nSPS) is 11.7. The van der Waals surface area contributed by atoms with E-state index in [0.717, 1.165) is 20.2 Å². The number of hydrogen-bond acceptors (Lipinski definition) is 2. The first-order valence-corrected chi connectivity index (χ1v) is 7.43. The Morgan fingerprint density at radius 2 is 1.79 bits per heavy atom. The Hall–Kier alpha value is -1.02. The number of benzene rings is 2. The van der Waals surface area contributed by atoms with Crippen molar-refractivity contribution < 1.29 is 0 Å². The third-order valence-electron chi connectivity index (χ3n) is 2.56. The predicted molar refractivity (Wildman–Crippen MR) is 85.3 cm³/mol. The van der Waals surface area contributed by atoms with E-state index in [1.54, 1.807) is 6.07 Å². The van der Waals surface area contributed by atoms with Gasteiger partial charge in [0.2, 0.25) is 0 Å². The second-order valence-electron chi connectivity index (χ2n) is 3.89. The summed E-state index contributed by atoms with van der Waals surface area (Å²) in [6.07, 6.45) is 0. The average molecular weight is 401 g/mol. The van der Waals surface area contributed by atoms with Gasteiger partial charge in [0.25, 0.3) is 0 Å². The van der Waals surface area contributed by atoms with E-state index in [4.69, 9.17) is 11.6 Å². The topological polar surface area (TPSA) is 35.8 Å². The zero-order valence-corrected chi connectivity index (χ0v) is 13.6. The average Bonchev–Trinajstić information content (AvgIpc) is 2.41. The van der Waals surface area contributed by atoms with Crippen LogP contribution in [0, 0.1) is 11.3 Å². The first-order chi connectivity index (χ1) is 9.10. The fraction of sp³-hybridized carbons (Fsp3) is 0.0714. The third kappa shape index (κ3) is 3.73. The van der Waals surface area contributed by atoms with Gasteiger partial charge < -0.3 is 5.32 Å². The van der Waals surface area contributed by atoms with E-state index in [1.807, 2.05) is 36.4 Å². The summed E-state index contributed by atoms with van der Waals surface area (Å²) in [6.45, 7) is 0. The lowest BCUT2D eigenvalue weighted by Gasteiger charge is -2.14. The van der Waals surface area contributed by atoms with Crippen molar-refractivity contribution in [2.45, 2.75) is 6.04 Å². The highest BCUT2D eigenvalue weighted by atomic mass is 79.9. The first-order valence-electron chi connectivity index (χ1n) is 5.47. The van der Waals surface area contributed by atoms with Crippen molar-refractivity contribution in [2.75, 3.05) is 5.32 Å². The SMILES string of the molecule is N#CC(Nc1ccc(Cl)c(Br)c1)c1ccc(Br)cc1. The van der Waals surface area contributed by atoms with Crippen LogP contribution < -0.4 is 5.32 Å². The van der Waals surface area contributed by atoms with Gasteiger partial charge in [-0.1, -0.05) is 39.7 Å². The zero-order chi connectivity index (χ0) is 13.8. The molecule has 5 heteroatoms. The van der Waals surface area contributed by atoms with Crippen LogP contribution in [-0.4, -0.2) is 0 Å². The predicted octanol–water partition coefficient (Wildman–Crippen LogP) is 5.54. The lowest BCUT2D eigenvalue weighted by molar-refractivity contribution is 0.997. The number of rotatable bonds is 3. The van der Waals surface area contributed by atoms with Crippen LogP contribution in [0.5, 0.6) is 0 Å². The quantitative estimate of drug-likeness (QED) is 0.734. The second kappa shape index (κ2) is 6.42. The number of anilines is 1. The number of nitrogens with one attached hydrogen (secondary N) is 1. The molecular weight excluding hydrogens is 391 g/mol. The molecule has 2 nitrogen and oxygen atoms in total. The largest absolute Gasteiger partial charge is 0.366 e. The molecule has 19 heavy (non-hydrogen) atoms. The van der Waals surface area contributed by atoms with Crippen molar-refractivity contribution in [3.05, 3.63) is 62.0 Å². The molecule has 0 radical (unpaired) electrons. The highest BCUT2D eigenvalue weighted by molar-refractivity contribution is 9.10. The van der Waals surface area contributed by atoms with Crippen LogP contribution >= 0.6 is 43.5 Å². The highest BCUT2D eigenvalue weighted by Gasteiger charge is 2.10. The summed E-state index contributed by atoms with van der Waals surface area (Å²) in [4.78, 5) is 0. The molecule has 0 aliphatic carbocycles. The molecule has 0 aromatic heterocycles. The highest BCUT2D eigenvalue weighted by Crippen LogP contribution is 2.28. The van der Waals surface area contributed by atoms with E-state index in [-0.39, 0.29) is 0 Å². The molecule has 0 saturated carbocycles. The fourth-order valence-corrected chi connectivity index (χ4v) is 2.36. The summed E-state index contributed by atoms with van der Waals surface area (Å²) < 4.78 is 1.79. The number of nitriles is 1. The molecule has 0 aliphatic heterocycles. The summed E-state index contributed by atoms with van der Waals surface area (Å²) in [5, 5.41) is 13.1. The summed E-state index contributed by atoms with van der Waals surface area (Å²) in [5.74, 6) is 0.